The van der Waals surface area contributed by atoms with Crippen LogP contribution in [0.4, 0.5) is 5.69 Å². The Morgan fingerprint density at radius 2 is 1.73 bits per heavy atom. The smallest absolute Gasteiger partial charge is 0.270 e. The van der Waals surface area contributed by atoms with Crippen LogP contribution in [0.25, 0.3) is 6.08 Å². The fourth-order valence-corrected chi connectivity index (χ4v) is 3.20. The fraction of sp³-hybridized carbons (Fsp3) is 0. The van der Waals surface area contributed by atoms with Gasteiger partial charge in [-0.05, 0) is 66.3 Å². The van der Waals surface area contributed by atoms with Gasteiger partial charge in [0.25, 0.3) is 11.8 Å². The molecule has 1 aliphatic rings. The molecule has 4 rings (SSSR count). The molecule has 148 valence electrons. The van der Waals surface area contributed by atoms with E-state index in [0.717, 1.165) is 0 Å². The minimum Gasteiger partial charge on any atom is -0.439 e. The van der Waals surface area contributed by atoms with Crippen molar-refractivity contribution in [2.24, 2.45) is 0 Å². The molecule has 0 saturated carbocycles. The molecule has 3 aromatic rings. The van der Waals surface area contributed by atoms with Crippen molar-refractivity contribution in [1.29, 1.82) is 0 Å². The third kappa shape index (κ3) is 4.22. The standard InChI is InChI=1S/C22H14ClN3O3S/c23-15-7-9-16(10-8-15)26-21(28)18(20(27)25-22(26)30)12-14-6-11-19(24-13-14)29-17-4-2-1-3-5-17/h1-13H,(H,25,27,30)/b18-12-. The van der Waals surface area contributed by atoms with E-state index in [1.165, 1.54) is 17.2 Å². The zero-order valence-electron chi connectivity index (χ0n) is 15.4. The minimum atomic E-state index is -0.570. The summed E-state index contributed by atoms with van der Waals surface area (Å²) < 4.78 is 5.65. The number of anilines is 1. The number of carbonyl (C=O) groups excluding carboxylic acids is 2. The number of amides is 2. The average molecular weight is 436 g/mol. The van der Waals surface area contributed by atoms with Gasteiger partial charge in [-0.3, -0.25) is 19.8 Å². The number of ether oxygens (including phenoxy) is 1. The molecular weight excluding hydrogens is 422 g/mol. The van der Waals surface area contributed by atoms with Crippen LogP contribution in [0.2, 0.25) is 5.02 Å². The summed E-state index contributed by atoms with van der Waals surface area (Å²) in [6.07, 6.45) is 2.98. The Morgan fingerprint density at radius 3 is 2.40 bits per heavy atom. The number of pyridine rings is 1. The van der Waals surface area contributed by atoms with Crippen molar-refractivity contribution in [2.45, 2.75) is 0 Å². The summed E-state index contributed by atoms with van der Waals surface area (Å²) in [6, 6.07) is 19.2. The van der Waals surface area contributed by atoms with E-state index in [1.807, 2.05) is 30.3 Å². The van der Waals surface area contributed by atoms with Crippen molar-refractivity contribution < 1.29 is 14.3 Å². The lowest BCUT2D eigenvalue weighted by Gasteiger charge is -2.28. The second kappa shape index (κ2) is 8.44. The van der Waals surface area contributed by atoms with Crippen LogP contribution in [-0.2, 0) is 9.59 Å². The summed E-state index contributed by atoms with van der Waals surface area (Å²) in [5.74, 6) is -0.0488. The number of halogens is 1. The molecule has 0 bridgehead atoms. The molecule has 30 heavy (non-hydrogen) atoms. The number of aromatic nitrogens is 1. The molecule has 6 nitrogen and oxygen atoms in total. The first kappa shape index (κ1) is 19.8. The van der Waals surface area contributed by atoms with E-state index >= 15 is 0 Å². The summed E-state index contributed by atoms with van der Waals surface area (Å²) in [7, 11) is 0. The lowest BCUT2D eigenvalue weighted by molar-refractivity contribution is -0.122. The molecule has 0 unspecified atom stereocenters. The summed E-state index contributed by atoms with van der Waals surface area (Å²) in [5.41, 5.74) is 1.01. The zero-order valence-corrected chi connectivity index (χ0v) is 17.0. The van der Waals surface area contributed by atoms with Crippen molar-refractivity contribution in [3.63, 3.8) is 0 Å². The quantitative estimate of drug-likeness (QED) is 0.374. The highest BCUT2D eigenvalue weighted by atomic mass is 35.5. The Bertz CT molecular complexity index is 1150. The van der Waals surface area contributed by atoms with E-state index in [4.69, 9.17) is 28.6 Å². The Kier molecular flexibility index (Phi) is 5.56. The molecule has 0 atom stereocenters. The molecule has 2 heterocycles. The largest absolute Gasteiger partial charge is 0.439 e. The number of rotatable bonds is 4. The highest BCUT2D eigenvalue weighted by Crippen LogP contribution is 2.24. The first-order chi connectivity index (χ1) is 14.5. The first-order valence-electron chi connectivity index (χ1n) is 8.87. The van der Waals surface area contributed by atoms with Gasteiger partial charge in [0.2, 0.25) is 5.88 Å². The van der Waals surface area contributed by atoms with Gasteiger partial charge < -0.3 is 4.74 Å². The third-order valence-electron chi connectivity index (χ3n) is 4.22. The Balaban J connectivity index is 1.58. The maximum absolute atomic E-state index is 13.0. The molecule has 0 aliphatic carbocycles. The molecule has 2 aromatic carbocycles. The topological polar surface area (TPSA) is 71.5 Å². The van der Waals surface area contributed by atoms with Crippen LogP contribution in [0.15, 0.2) is 78.5 Å². The van der Waals surface area contributed by atoms with E-state index in [-0.39, 0.29) is 10.7 Å². The molecule has 1 aromatic heterocycles. The van der Waals surface area contributed by atoms with Gasteiger partial charge in [0.05, 0.1) is 5.69 Å². The molecule has 0 spiro atoms. The molecule has 8 heteroatoms. The second-order valence-corrected chi connectivity index (χ2v) is 7.10. The first-order valence-corrected chi connectivity index (χ1v) is 9.66. The molecule has 0 radical (unpaired) electrons. The number of nitrogens with one attached hydrogen (secondary N) is 1. The van der Waals surface area contributed by atoms with Gasteiger partial charge >= 0.3 is 0 Å². The van der Waals surface area contributed by atoms with Crippen LogP contribution >= 0.6 is 23.8 Å². The Morgan fingerprint density at radius 1 is 1.00 bits per heavy atom. The summed E-state index contributed by atoms with van der Waals surface area (Å²) in [6.45, 7) is 0. The highest BCUT2D eigenvalue weighted by molar-refractivity contribution is 7.80. The Labute approximate surface area is 182 Å². The van der Waals surface area contributed by atoms with E-state index in [0.29, 0.717) is 27.9 Å². The van der Waals surface area contributed by atoms with Crippen molar-refractivity contribution >= 4 is 52.5 Å². The van der Waals surface area contributed by atoms with Gasteiger partial charge in [-0.2, -0.15) is 0 Å². The van der Waals surface area contributed by atoms with Crippen molar-refractivity contribution in [3.8, 4) is 11.6 Å². The van der Waals surface area contributed by atoms with Gasteiger partial charge in [0.1, 0.15) is 11.3 Å². The lowest BCUT2D eigenvalue weighted by atomic mass is 10.1. The van der Waals surface area contributed by atoms with E-state index in [9.17, 15) is 9.59 Å². The molecule has 1 fully saturated rings. The molecule has 2 amide bonds. The minimum absolute atomic E-state index is 0.00852. The van der Waals surface area contributed by atoms with Crippen LogP contribution < -0.4 is 15.0 Å². The predicted octanol–water partition coefficient (Wildman–Crippen LogP) is 4.36. The summed E-state index contributed by atoms with van der Waals surface area (Å²) in [5, 5.41) is 3.07. The SMILES string of the molecule is O=C1NC(=S)N(c2ccc(Cl)cc2)C(=O)/C1=C\c1ccc(Oc2ccccc2)nc1. The second-order valence-electron chi connectivity index (χ2n) is 6.28. The zero-order chi connectivity index (χ0) is 21.1. The van der Waals surface area contributed by atoms with E-state index in [1.54, 1.807) is 36.4 Å². The third-order valence-corrected chi connectivity index (χ3v) is 4.76. The molecule has 1 saturated heterocycles. The number of benzene rings is 2. The van der Waals surface area contributed by atoms with Crippen LogP contribution in [0.1, 0.15) is 5.56 Å². The normalized spacial score (nSPS) is 15.3. The Hall–Kier alpha value is -3.55. The highest BCUT2D eigenvalue weighted by Gasteiger charge is 2.34. The number of para-hydroxylation sites is 1. The number of thiocarbonyl (C=S) groups is 1. The monoisotopic (exact) mass is 435 g/mol. The van der Waals surface area contributed by atoms with E-state index in [2.05, 4.69) is 10.3 Å². The van der Waals surface area contributed by atoms with Crippen LogP contribution in [0.3, 0.4) is 0 Å². The fourth-order valence-electron chi connectivity index (χ4n) is 2.80. The average Bonchev–Trinajstić information content (AvgIpc) is 2.74. The maximum atomic E-state index is 13.0. The number of nitrogens with zero attached hydrogens (tertiary/aromatic N) is 2. The van der Waals surface area contributed by atoms with Crippen LogP contribution in [0.5, 0.6) is 11.6 Å². The molecular formula is C22H14ClN3O3S. The summed E-state index contributed by atoms with van der Waals surface area (Å²) >= 11 is 11.1. The van der Waals surface area contributed by atoms with Crippen molar-refractivity contribution in [2.75, 3.05) is 4.90 Å². The van der Waals surface area contributed by atoms with Gasteiger partial charge in [0.15, 0.2) is 5.11 Å². The van der Waals surface area contributed by atoms with Crippen molar-refractivity contribution in [3.05, 3.63) is 89.1 Å². The van der Waals surface area contributed by atoms with E-state index < -0.39 is 11.8 Å². The number of hydrogen-bond donors (Lipinski definition) is 1. The maximum Gasteiger partial charge on any atom is 0.270 e. The van der Waals surface area contributed by atoms with Gasteiger partial charge in [-0.25, -0.2) is 4.98 Å². The van der Waals surface area contributed by atoms with Gasteiger partial charge in [-0.15, -0.1) is 0 Å². The number of hydrogen-bond acceptors (Lipinski definition) is 5. The number of carbonyl (C=O) groups is 2. The predicted molar refractivity (Wildman–Crippen MR) is 118 cm³/mol. The van der Waals surface area contributed by atoms with Gasteiger partial charge in [0, 0.05) is 17.3 Å². The molecule has 1 N–H and O–H groups in total. The van der Waals surface area contributed by atoms with Crippen molar-refractivity contribution in [1.82, 2.24) is 10.3 Å². The lowest BCUT2D eigenvalue weighted by Crippen LogP contribution is -2.54. The summed E-state index contributed by atoms with van der Waals surface area (Å²) in [4.78, 5) is 30.8. The van der Waals surface area contributed by atoms with Crippen LogP contribution in [-0.4, -0.2) is 21.9 Å². The van der Waals surface area contributed by atoms with Gasteiger partial charge in [-0.1, -0.05) is 29.8 Å². The van der Waals surface area contributed by atoms with Crippen LogP contribution in [0, 0.1) is 0 Å². The molecule has 1 aliphatic heterocycles.